The van der Waals surface area contributed by atoms with E-state index in [1.54, 1.807) is 0 Å². The Morgan fingerprint density at radius 3 is 2.41 bits per heavy atom. The van der Waals surface area contributed by atoms with E-state index >= 15 is 0 Å². The summed E-state index contributed by atoms with van der Waals surface area (Å²) in [4.78, 5) is 5.34. The summed E-state index contributed by atoms with van der Waals surface area (Å²) < 4.78 is 5.40. The van der Waals surface area contributed by atoms with Crippen molar-refractivity contribution in [1.29, 1.82) is 0 Å². The number of nitrogens with zero attached hydrogens (tertiary/aromatic N) is 1. The molecule has 0 atom stereocenters. The molecular weight excluding hydrogens is 300 g/mol. The van der Waals surface area contributed by atoms with Crippen LogP contribution in [0.4, 0.5) is 5.13 Å². The molecule has 1 aromatic carbocycles. The first kappa shape index (κ1) is 14.0. The van der Waals surface area contributed by atoms with Gasteiger partial charge in [0.2, 0.25) is 0 Å². The zero-order valence-corrected chi connectivity index (χ0v) is 12.3. The molecule has 0 aliphatic carbocycles. The van der Waals surface area contributed by atoms with Crippen LogP contribution < -0.4 is 10.5 Å². The molecule has 0 unspecified atom stereocenters. The second-order valence-corrected chi connectivity index (χ2v) is 4.45. The second-order valence-electron chi connectivity index (χ2n) is 3.42. The van der Waals surface area contributed by atoms with E-state index in [-0.39, 0.29) is 17.0 Å². The highest BCUT2D eigenvalue weighted by Crippen LogP contribution is 2.32. The Hall–Kier alpha value is -1.07. The van der Waals surface area contributed by atoms with E-state index < -0.39 is 0 Å². The SMILES string of the molecule is Br.CCOc1ccc(-c2sc(N)nc2C)cc1. The van der Waals surface area contributed by atoms with Crippen LogP contribution >= 0.6 is 28.3 Å². The standard InChI is InChI=1S/C12H14N2OS.BrH/c1-3-15-10-6-4-9(5-7-10)11-8(2)14-12(13)16-11;/h4-7H,3H2,1-2H3,(H2,13,14);1H. The fraction of sp³-hybridized carbons (Fsp3) is 0.250. The minimum atomic E-state index is 0. The average Bonchev–Trinajstić information content (AvgIpc) is 2.59. The van der Waals surface area contributed by atoms with Crippen LogP contribution in [0.1, 0.15) is 12.6 Å². The maximum Gasteiger partial charge on any atom is 0.180 e. The van der Waals surface area contributed by atoms with Crippen molar-refractivity contribution in [3.05, 3.63) is 30.0 Å². The van der Waals surface area contributed by atoms with Crippen molar-refractivity contribution in [3.8, 4) is 16.2 Å². The van der Waals surface area contributed by atoms with Crippen LogP contribution in [0.2, 0.25) is 0 Å². The first-order valence-electron chi connectivity index (χ1n) is 5.17. The van der Waals surface area contributed by atoms with Crippen LogP contribution in [0, 0.1) is 6.92 Å². The van der Waals surface area contributed by atoms with Gasteiger partial charge in [0.05, 0.1) is 17.2 Å². The minimum absolute atomic E-state index is 0. The molecule has 92 valence electrons. The Morgan fingerprint density at radius 2 is 1.94 bits per heavy atom. The van der Waals surface area contributed by atoms with E-state index in [1.165, 1.54) is 11.3 Å². The number of nitrogen functional groups attached to an aromatic ring is 1. The summed E-state index contributed by atoms with van der Waals surface area (Å²) in [6.45, 7) is 4.63. The van der Waals surface area contributed by atoms with E-state index in [2.05, 4.69) is 4.98 Å². The highest BCUT2D eigenvalue weighted by Gasteiger charge is 2.07. The van der Waals surface area contributed by atoms with E-state index in [0.717, 1.165) is 21.9 Å². The number of ether oxygens (including phenoxy) is 1. The Kier molecular flexibility index (Phi) is 4.96. The van der Waals surface area contributed by atoms with Crippen LogP contribution in [0.25, 0.3) is 10.4 Å². The lowest BCUT2D eigenvalue weighted by Gasteiger charge is -2.03. The van der Waals surface area contributed by atoms with Gasteiger partial charge < -0.3 is 10.5 Å². The van der Waals surface area contributed by atoms with Crippen LogP contribution in [0.5, 0.6) is 5.75 Å². The molecule has 0 radical (unpaired) electrons. The molecule has 0 aliphatic rings. The third-order valence-corrected chi connectivity index (χ3v) is 3.28. The lowest BCUT2D eigenvalue weighted by Crippen LogP contribution is -1.90. The molecule has 2 rings (SSSR count). The first-order chi connectivity index (χ1) is 7.70. The quantitative estimate of drug-likeness (QED) is 0.940. The lowest BCUT2D eigenvalue weighted by molar-refractivity contribution is 0.340. The summed E-state index contributed by atoms with van der Waals surface area (Å²) >= 11 is 1.51. The number of anilines is 1. The number of hydrogen-bond acceptors (Lipinski definition) is 4. The number of halogens is 1. The Balaban J connectivity index is 0.00000144. The molecule has 0 fully saturated rings. The van der Waals surface area contributed by atoms with Gasteiger partial charge in [-0.3, -0.25) is 0 Å². The highest BCUT2D eigenvalue weighted by atomic mass is 79.9. The molecule has 0 aliphatic heterocycles. The summed E-state index contributed by atoms with van der Waals surface area (Å²) in [7, 11) is 0. The minimum Gasteiger partial charge on any atom is -0.494 e. The molecule has 0 saturated heterocycles. The number of nitrogens with two attached hydrogens (primary N) is 1. The van der Waals surface area contributed by atoms with Crippen LogP contribution in [0.15, 0.2) is 24.3 Å². The maximum absolute atomic E-state index is 5.68. The number of hydrogen-bond donors (Lipinski definition) is 1. The first-order valence-corrected chi connectivity index (χ1v) is 5.98. The molecule has 0 saturated carbocycles. The van der Waals surface area contributed by atoms with E-state index in [9.17, 15) is 0 Å². The van der Waals surface area contributed by atoms with Gasteiger partial charge in [-0.15, -0.1) is 17.0 Å². The predicted octanol–water partition coefficient (Wildman–Crippen LogP) is 3.68. The summed E-state index contributed by atoms with van der Waals surface area (Å²) in [6, 6.07) is 8.00. The Labute approximate surface area is 115 Å². The van der Waals surface area contributed by atoms with Crippen LogP contribution in [-0.4, -0.2) is 11.6 Å². The molecular formula is C12H15BrN2OS. The van der Waals surface area contributed by atoms with Crippen molar-refractivity contribution in [1.82, 2.24) is 4.98 Å². The van der Waals surface area contributed by atoms with Crippen molar-refractivity contribution in [3.63, 3.8) is 0 Å². The molecule has 5 heteroatoms. The van der Waals surface area contributed by atoms with Crippen molar-refractivity contribution in [2.45, 2.75) is 13.8 Å². The molecule has 2 N–H and O–H groups in total. The largest absolute Gasteiger partial charge is 0.494 e. The van der Waals surface area contributed by atoms with Crippen molar-refractivity contribution < 1.29 is 4.74 Å². The number of aryl methyl sites for hydroxylation is 1. The van der Waals surface area contributed by atoms with Crippen LogP contribution in [-0.2, 0) is 0 Å². The lowest BCUT2D eigenvalue weighted by atomic mass is 10.1. The van der Waals surface area contributed by atoms with Gasteiger partial charge in [0, 0.05) is 0 Å². The number of rotatable bonds is 3. The van der Waals surface area contributed by atoms with E-state index in [0.29, 0.717) is 11.7 Å². The van der Waals surface area contributed by atoms with Gasteiger partial charge in [-0.05, 0) is 43.7 Å². The number of aromatic nitrogens is 1. The number of benzene rings is 1. The summed E-state index contributed by atoms with van der Waals surface area (Å²) in [6.07, 6.45) is 0. The van der Waals surface area contributed by atoms with Crippen molar-refractivity contribution in [2.75, 3.05) is 12.3 Å². The average molecular weight is 315 g/mol. The van der Waals surface area contributed by atoms with Gasteiger partial charge >= 0.3 is 0 Å². The molecule has 3 nitrogen and oxygen atoms in total. The summed E-state index contributed by atoms with van der Waals surface area (Å²) in [5.74, 6) is 0.890. The topological polar surface area (TPSA) is 48.1 Å². The molecule has 0 amide bonds. The zero-order valence-electron chi connectivity index (χ0n) is 9.77. The summed E-state index contributed by atoms with van der Waals surface area (Å²) in [5, 5.41) is 0.612. The third kappa shape index (κ3) is 3.20. The zero-order chi connectivity index (χ0) is 11.5. The second kappa shape index (κ2) is 6.02. The Bertz CT molecular complexity index is 482. The summed E-state index contributed by atoms with van der Waals surface area (Å²) in [5.41, 5.74) is 7.79. The van der Waals surface area contributed by atoms with E-state index in [4.69, 9.17) is 10.5 Å². The molecule has 0 bridgehead atoms. The molecule has 0 spiro atoms. The van der Waals surface area contributed by atoms with Gasteiger partial charge in [-0.2, -0.15) is 0 Å². The molecule has 1 aromatic heterocycles. The molecule has 17 heavy (non-hydrogen) atoms. The third-order valence-electron chi connectivity index (χ3n) is 2.24. The molecule has 1 heterocycles. The number of thiazole rings is 1. The van der Waals surface area contributed by atoms with Crippen molar-refractivity contribution in [2.24, 2.45) is 0 Å². The Morgan fingerprint density at radius 1 is 1.29 bits per heavy atom. The molecule has 2 aromatic rings. The highest BCUT2D eigenvalue weighted by molar-refractivity contribution is 8.93. The van der Waals surface area contributed by atoms with Gasteiger partial charge in [-0.1, -0.05) is 11.3 Å². The normalized spacial score (nSPS) is 9.76. The van der Waals surface area contributed by atoms with Crippen LogP contribution in [0.3, 0.4) is 0 Å². The fourth-order valence-electron chi connectivity index (χ4n) is 1.55. The smallest absolute Gasteiger partial charge is 0.180 e. The monoisotopic (exact) mass is 314 g/mol. The predicted molar refractivity (Wildman–Crippen MR) is 78.2 cm³/mol. The van der Waals surface area contributed by atoms with Gasteiger partial charge in [0.15, 0.2) is 5.13 Å². The van der Waals surface area contributed by atoms with Gasteiger partial charge in [-0.25, -0.2) is 4.98 Å². The fourth-order valence-corrected chi connectivity index (χ4v) is 2.39. The maximum atomic E-state index is 5.68. The van der Waals surface area contributed by atoms with Gasteiger partial charge in [0.25, 0.3) is 0 Å². The van der Waals surface area contributed by atoms with E-state index in [1.807, 2.05) is 38.1 Å². The van der Waals surface area contributed by atoms with Gasteiger partial charge in [0.1, 0.15) is 5.75 Å². The van der Waals surface area contributed by atoms with Crippen molar-refractivity contribution >= 4 is 33.4 Å².